The number of benzene rings is 2. The van der Waals surface area contributed by atoms with Crippen molar-refractivity contribution in [3.8, 4) is 0 Å². The van der Waals surface area contributed by atoms with E-state index < -0.39 is 10.0 Å². The fourth-order valence-corrected chi connectivity index (χ4v) is 5.06. The number of sulfonamides is 1. The van der Waals surface area contributed by atoms with Gasteiger partial charge in [0.2, 0.25) is 0 Å². The highest BCUT2D eigenvalue weighted by Crippen LogP contribution is 2.31. The van der Waals surface area contributed by atoms with Crippen molar-refractivity contribution in [2.24, 2.45) is 0 Å². The van der Waals surface area contributed by atoms with Crippen molar-refractivity contribution < 1.29 is 8.42 Å². The molecular weight excluding hydrogens is 396 g/mol. The maximum absolute atomic E-state index is 12.7. The molecule has 0 amide bonds. The van der Waals surface area contributed by atoms with Crippen LogP contribution in [0.25, 0.3) is 0 Å². The molecule has 0 spiro atoms. The van der Waals surface area contributed by atoms with E-state index in [2.05, 4.69) is 27.0 Å². The molecule has 1 aliphatic heterocycles. The van der Waals surface area contributed by atoms with E-state index in [1.807, 2.05) is 42.5 Å². The van der Waals surface area contributed by atoms with Gasteiger partial charge in [0.25, 0.3) is 10.0 Å². The van der Waals surface area contributed by atoms with E-state index in [4.69, 9.17) is 11.6 Å². The molecule has 0 bridgehead atoms. The average Bonchev–Trinajstić information content (AvgIpc) is 3.27. The Labute approximate surface area is 169 Å². The van der Waals surface area contributed by atoms with Crippen molar-refractivity contribution in [1.29, 1.82) is 0 Å². The van der Waals surface area contributed by atoms with Gasteiger partial charge in [-0.2, -0.15) is 4.31 Å². The fourth-order valence-electron chi connectivity index (χ4n) is 3.62. The summed E-state index contributed by atoms with van der Waals surface area (Å²) >= 11 is 6.07. The number of imidazole rings is 1. The molecule has 1 atom stereocenters. The van der Waals surface area contributed by atoms with Crippen molar-refractivity contribution in [1.82, 2.24) is 19.2 Å². The summed E-state index contributed by atoms with van der Waals surface area (Å²) in [5, 5.41) is 0.837. The van der Waals surface area contributed by atoms with Crippen molar-refractivity contribution in [3.63, 3.8) is 0 Å². The monoisotopic (exact) mass is 416 g/mol. The second-order valence-electron chi connectivity index (χ2n) is 6.72. The van der Waals surface area contributed by atoms with Crippen LogP contribution in [0.1, 0.15) is 17.2 Å². The van der Waals surface area contributed by atoms with Crippen LogP contribution in [0.5, 0.6) is 0 Å². The van der Waals surface area contributed by atoms with Crippen LogP contribution in [0.4, 0.5) is 0 Å². The van der Waals surface area contributed by atoms with Gasteiger partial charge in [0, 0.05) is 31.2 Å². The largest absolute Gasteiger partial charge is 0.335 e. The van der Waals surface area contributed by atoms with E-state index in [9.17, 15) is 8.42 Å². The Bertz CT molecular complexity index is 1000. The standard InChI is InChI=1S/C20H21ClN4O2S/c21-18-8-6-17(7-9-18)20(16-4-2-1-3-5-16)24-10-12-25(13-11-24)28(26,27)19-14-22-15-23-19/h1-9,14-15,20H,10-13H2,(H,22,23). The molecule has 2 heterocycles. The zero-order valence-electron chi connectivity index (χ0n) is 15.2. The normalized spacial score (nSPS) is 17.5. The summed E-state index contributed by atoms with van der Waals surface area (Å²) in [6, 6.07) is 18.2. The molecule has 1 saturated heterocycles. The van der Waals surface area contributed by atoms with Gasteiger partial charge in [-0.05, 0) is 23.3 Å². The number of piperazine rings is 1. The van der Waals surface area contributed by atoms with E-state index in [-0.39, 0.29) is 11.1 Å². The average molecular weight is 417 g/mol. The number of halogens is 1. The highest BCUT2D eigenvalue weighted by atomic mass is 35.5. The minimum atomic E-state index is -3.53. The van der Waals surface area contributed by atoms with Gasteiger partial charge in [-0.25, -0.2) is 13.4 Å². The molecule has 0 aliphatic carbocycles. The Kier molecular flexibility index (Phi) is 5.50. The van der Waals surface area contributed by atoms with E-state index >= 15 is 0 Å². The Hall–Kier alpha value is -2.19. The SMILES string of the molecule is O=S(=O)(c1cnc[nH]1)N1CCN(C(c2ccccc2)c2ccc(Cl)cc2)CC1. The van der Waals surface area contributed by atoms with Gasteiger partial charge in [-0.15, -0.1) is 0 Å². The summed E-state index contributed by atoms with van der Waals surface area (Å²) in [7, 11) is -3.53. The third kappa shape index (κ3) is 3.84. The van der Waals surface area contributed by atoms with Crippen LogP contribution in [-0.4, -0.2) is 53.8 Å². The molecule has 6 nitrogen and oxygen atoms in total. The molecule has 4 rings (SSSR count). The summed E-state index contributed by atoms with van der Waals surface area (Å²) in [5.41, 5.74) is 2.31. The zero-order chi connectivity index (χ0) is 19.6. The second kappa shape index (κ2) is 8.05. The van der Waals surface area contributed by atoms with Gasteiger partial charge in [0.05, 0.1) is 18.6 Å². The van der Waals surface area contributed by atoms with Gasteiger partial charge < -0.3 is 4.98 Å². The van der Waals surface area contributed by atoms with Gasteiger partial charge in [-0.3, -0.25) is 4.90 Å². The predicted octanol–water partition coefficient (Wildman–Crippen LogP) is 3.16. The van der Waals surface area contributed by atoms with Crippen LogP contribution in [0.15, 0.2) is 72.1 Å². The third-order valence-electron chi connectivity index (χ3n) is 5.03. The van der Waals surface area contributed by atoms with Crippen LogP contribution < -0.4 is 0 Å². The maximum atomic E-state index is 12.7. The Balaban J connectivity index is 1.57. The molecule has 1 aliphatic rings. The topological polar surface area (TPSA) is 69.3 Å². The number of hydrogen-bond donors (Lipinski definition) is 1. The Morgan fingerprint density at radius 3 is 2.18 bits per heavy atom. The molecule has 1 N–H and O–H groups in total. The highest BCUT2D eigenvalue weighted by Gasteiger charge is 2.32. The van der Waals surface area contributed by atoms with Crippen LogP contribution in [0.2, 0.25) is 5.02 Å². The third-order valence-corrected chi connectivity index (χ3v) is 7.11. The minimum Gasteiger partial charge on any atom is -0.335 e. The number of nitrogens with zero attached hydrogens (tertiary/aromatic N) is 3. The molecule has 0 radical (unpaired) electrons. The van der Waals surface area contributed by atoms with Crippen molar-refractivity contribution in [2.75, 3.05) is 26.2 Å². The van der Waals surface area contributed by atoms with Crippen molar-refractivity contribution >= 4 is 21.6 Å². The number of aromatic nitrogens is 2. The highest BCUT2D eigenvalue weighted by molar-refractivity contribution is 7.89. The first-order chi connectivity index (χ1) is 13.6. The summed E-state index contributed by atoms with van der Waals surface area (Å²) < 4.78 is 27.0. The number of hydrogen-bond acceptors (Lipinski definition) is 4. The quantitative estimate of drug-likeness (QED) is 0.693. The summed E-state index contributed by atoms with van der Waals surface area (Å²) in [4.78, 5) is 8.85. The summed E-state index contributed by atoms with van der Waals surface area (Å²) in [5.74, 6) is 0. The van der Waals surface area contributed by atoms with E-state index in [0.717, 1.165) is 5.56 Å². The first-order valence-electron chi connectivity index (χ1n) is 9.09. The molecular formula is C20H21ClN4O2S. The maximum Gasteiger partial charge on any atom is 0.260 e. The van der Waals surface area contributed by atoms with E-state index in [0.29, 0.717) is 31.2 Å². The Morgan fingerprint density at radius 1 is 0.929 bits per heavy atom. The van der Waals surface area contributed by atoms with Crippen LogP contribution in [0, 0.1) is 0 Å². The first kappa shape index (κ1) is 19.1. The van der Waals surface area contributed by atoms with Crippen molar-refractivity contribution in [3.05, 3.63) is 83.3 Å². The van der Waals surface area contributed by atoms with Gasteiger partial charge in [0.15, 0.2) is 5.03 Å². The summed E-state index contributed by atoms with van der Waals surface area (Å²) in [6.45, 7) is 2.13. The van der Waals surface area contributed by atoms with E-state index in [1.165, 1.54) is 22.4 Å². The first-order valence-corrected chi connectivity index (χ1v) is 10.9. The lowest BCUT2D eigenvalue weighted by molar-refractivity contribution is 0.155. The number of H-pyrrole nitrogens is 1. The summed E-state index contributed by atoms with van der Waals surface area (Å²) in [6.07, 6.45) is 2.73. The lowest BCUT2D eigenvalue weighted by atomic mass is 9.96. The minimum absolute atomic E-state index is 0.0514. The lowest BCUT2D eigenvalue weighted by Crippen LogP contribution is -2.49. The molecule has 1 fully saturated rings. The number of rotatable bonds is 5. The lowest BCUT2D eigenvalue weighted by Gasteiger charge is -2.39. The van der Waals surface area contributed by atoms with Gasteiger partial charge >= 0.3 is 0 Å². The smallest absolute Gasteiger partial charge is 0.260 e. The molecule has 2 aromatic carbocycles. The van der Waals surface area contributed by atoms with Crippen LogP contribution in [-0.2, 0) is 10.0 Å². The van der Waals surface area contributed by atoms with Gasteiger partial charge in [-0.1, -0.05) is 54.1 Å². The Morgan fingerprint density at radius 2 is 1.57 bits per heavy atom. The molecule has 1 unspecified atom stereocenters. The van der Waals surface area contributed by atoms with Crippen LogP contribution in [0.3, 0.4) is 0 Å². The molecule has 0 saturated carbocycles. The molecule has 28 heavy (non-hydrogen) atoms. The fraction of sp³-hybridized carbons (Fsp3) is 0.250. The van der Waals surface area contributed by atoms with Crippen LogP contribution >= 0.6 is 11.6 Å². The molecule has 8 heteroatoms. The number of aromatic amines is 1. The zero-order valence-corrected chi connectivity index (χ0v) is 16.8. The van der Waals surface area contributed by atoms with Crippen molar-refractivity contribution in [2.45, 2.75) is 11.1 Å². The van der Waals surface area contributed by atoms with E-state index in [1.54, 1.807) is 0 Å². The predicted molar refractivity (Wildman–Crippen MR) is 109 cm³/mol. The number of nitrogens with one attached hydrogen (secondary N) is 1. The second-order valence-corrected chi connectivity index (χ2v) is 9.06. The molecule has 146 valence electrons. The molecule has 1 aromatic heterocycles. The van der Waals surface area contributed by atoms with Gasteiger partial charge in [0.1, 0.15) is 0 Å². The molecule has 3 aromatic rings.